The monoisotopic (exact) mass is 591 g/mol. The number of amides is 1. The van der Waals surface area contributed by atoms with Crippen LogP contribution in [-0.4, -0.2) is 79.0 Å². The molecule has 11 heteroatoms. The Kier molecular flexibility index (Phi) is 9.12. The second kappa shape index (κ2) is 13.0. The summed E-state index contributed by atoms with van der Waals surface area (Å²) in [4.78, 5) is 20.3. The maximum atomic E-state index is 14.5. The zero-order chi connectivity index (χ0) is 29.7. The number of imidazole rings is 1. The van der Waals surface area contributed by atoms with Gasteiger partial charge in [-0.05, 0) is 43.7 Å². The number of hydrogen-bond acceptors (Lipinski definition) is 6. The highest BCUT2D eigenvalue weighted by molar-refractivity contribution is 7.89. The highest BCUT2D eigenvalue weighted by Crippen LogP contribution is 2.25. The normalized spacial score (nSPS) is 14.3. The molecular formula is C31H34FN5O4S. The number of rotatable bonds is 10. The van der Waals surface area contributed by atoms with Crippen LogP contribution in [0.5, 0.6) is 0 Å². The Morgan fingerprint density at radius 2 is 1.74 bits per heavy atom. The lowest BCUT2D eigenvalue weighted by Gasteiger charge is -2.29. The summed E-state index contributed by atoms with van der Waals surface area (Å²) in [7, 11) is -3.98. The number of aromatic nitrogens is 2. The molecule has 42 heavy (non-hydrogen) atoms. The van der Waals surface area contributed by atoms with Gasteiger partial charge in [-0.2, -0.15) is 4.31 Å². The molecule has 0 unspecified atom stereocenters. The van der Waals surface area contributed by atoms with Crippen molar-refractivity contribution in [1.29, 1.82) is 0 Å². The first-order chi connectivity index (χ1) is 20.2. The van der Waals surface area contributed by atoms with Gasteiger partial charge in [-0.1, -0.05) is 54.1 Å². The van der Waals surface area contributed by atoms with E-state index in [1.54, 1.807) is 54.1 Å². The summed E-state index contributed by atoms with van der Waals surface area (Å²) in [5, 5.41) is 2.79. The van der Waals surface area contributed by atoms with E-state index in [-0.39, 0.29) is 17.4 Å². The van der Waals surface area contributed by atoms with Gasteiger partial charge in [0.15, 0.2) is 0 Å². The Labute approximate surface area is 245 Å². The van der Waals surface area contributed by atoms with E-state index in [1.807, 2.05) is 37.3 Å². The van der Waals surface area contributed by atoms with Crippen LogP contribution in [0.15, 0.2) is 83.9 Å². The predicted molar refractivity (Wildman–Crippen MR) is 160 cm³/mol. The van der Waals surface area contributed by atoms with Gasteiger partial charge in [-0.25, -0.2) is 17.8 Å². The van der Waals surface area contributed by atoms with Gasteiger partial charge in [0.2, 0.25) is 21.9 Å². The highest BCUT2D eigenvalue weighted by atomic mass is 32.2. The molecule has 2 heterocycles. The van der Waals surface area contributed by atoms with Crippen LogP contribution >= 0.6 is 0 Å². The minimum atomic E-state index is -3.98. The molecule has 1 aliphatic rings. The number of nitrogens with one attached hydrogen (secondary N) is 1. The van der Waals surface area contributed by atoms with Gasteiger partial charge in [-0.15, -0.1) is 0 Å². The molecule has 0 radical (unpaired) electrons. The number of morpholine rings is 1. The lowest BCUT2D eigenvalue weighted by Crippen LogP contribution is -2.45. The van der Waals surface area contributed by atoms with E-state index in [1.165, 1.54) is 10.4 Å². The molecule has 5 rings (SSSR count). The number of anilines is 1. The van der Waals surface area contributed by atoms with E-state index >= 15 is 0 Å². The second-order valence-corrected chi connectivity index (χ2v) is 12.2. The van der Waals surface area contributed by atoms with Gasteiger partial charge in [0.05, 0.1) is 36.0 Å². The zero-order valence-corrected chi connectivity index (χ0v) is 24.5. The van der Waals surface area contributed by atoms with Gasteiger partial charge in [0.1, 0.15) is 5.82 Å². The number of carbonyl (C=O) groups is 1. The highest BCUT2D eigenvalue weighted by Gasteiger charge is 2.28. The molecule has 9 nitrogen and oxygen atoms in total. The number of ether oxygens (including phenoxy) is 1. The van der Waals surface area contributed by atoms with Gasteiger partial charge >= 0.3 is 0 Å². The number of carbonyl (C=O) groups excluding carboxylic acids is 1. The van der Waals surface area contributed by atoms with Crippen molar-refractivity contribution in [2.75, 3.05) is 51.3 Å². The molecule has 0 atom stereocenters. The lowest BCUT2D eigenvalue weighted by atomic mass is 10.2. The van der Waals surface area contributed by atoms with E-state index in [2.05, 4.69) is 15.2 Å². The molecule has 4 aromatic rings. The number of nitrogens with zero attached hydrogens (tertiary/aromatic N) is 4. The standard InChI is InChI=1S/C31H34FN5O4S/c1-23-8-12-27(13-9-23)42(39,40)36(15-14-35-16-18-41-19-17-35)22-30(38)34-31-33-29(25-6-4-3-5-7-25)21-37(31)26-11-10-24(2)28(32)20-26/h3-13,20-21H,14-19,22H2,1-2H3,(H,33,34,38). The first-order valence-electron chi connectivity index (χ1n) is 13.8. The van der Waals surface area contributed by atoms with E-state index in [9.17, 15) is 17.6 Å². The topological polar surface area (TPSA) is 96.8 Å². The third kappa shape index (κ3) is 6.93. The molecule has 0 bridgehead atoms. The van der Waals surface area contributed by atoms with Crippen LogP contribution in [0.3, 0.4) is 0 Å². The average Bonchev–Trinajstić information content (AvgIpc) is 3.41. The zero-order valence-electron chi connectivity index (χ0n) is 23.7. The van der Waals surface area contributed by atoms with Crippen molar-refractivity contribution in [1.82, 2.24) is 18.8 Å². The summed E-state index contributed by atoms with van der Waals surface area (Å²) in [6.07, 6.45) is 1.72. The minimum Gasteiger partial charge on any atom is -0.379 e. The van der Waals surface area contributed by atoms with Crippen LogP contribution in [0.1, 0.15) is 11.1 Å². The Morgan fingerprint density at radius 1 is 1.02 bits per heavy atom. The largest absolute Gasteiger partial charge is 0.379 e. The summed E-state index contributed by atoms with van der Waals surface area (Å²) in [5.74, 6) is -0.798. The van der Waals surface area contributed by atoms with E-state index in [0.717, 1.165) is 11.1 Å². The fourth-order valence-corrected chi connectivity index (χ4v) is 6.08. The van der Waals surface area contributed by atoms with Crippen molar-refractivity contribution in [3.63, 3.8) is 0 Å². The Bertz CT molecular complexity index is 1640. The van der Waals surface area contributed by atoms with Gasteiger partial charge < -0.3 is 4.74 Å². The van der Waals surface area contributed by atoms with Crippen molar-refractivity contribution < 1.29 is 22.3 Å². The van der Waals surface area contributed by atoms with Crippen molar-refractivity contribution in [3.05, 3.63) is 95.9 Å². The molecule has 220 valence electrons. The number of sulfonamides is 1. The summed E-state index contributed by atoms with van der Waals surface area (Å²) in [6, 6.07) is 20.7. The molecule has 1 N–H and O–H groups in total. The third-order valence-electron chi connectivity index (χ3n) is 7.21. The maximum Gasteiger partial charge on any atom is 0.243 e. The third-order valence-corrected chi connectivity index (χ3v) is 9.07. The first kappa shape index (κ1) is 29.6. The Balaban J connectivity index is 1.43. The van der Waals surface area contributed by atoms with Crippen molar-refractivity contribution >= 4 is 21.9 Å². The van der Waals surface area contributed by atoms with Crippen LogP contribution in [-0.2, 0) is 19.6 Å². The summed E-state index contributed by atoms with van der Waals surface area (Å²) >= 11 is 0. The molecule has 1 aromatic heterocycles. The summed E-state index contributed by atoms with van der Waals surface area (Å²) < 4.78 is 50.1. The Hall–Kier alpha value is -3.90. The van der Waals surface area contributed by atoms with Crippen molar-refractivity contribution in [2.45, 2.75) is 18.7 Å². The number of aryl methyl sites for hydroxylation is 2. The fraction of sp³-hybridized carbons (Fsp3) is 0.290. The summed E-state index contributed by atoms with van der Waals surface area (Å²) in [5.41, 5.74) is 3.28. The molecule has 3 aromatic carbocycles. The second-order valence-electron chi connectivity index (χ2n) is 10.3. The minimum absolute atomic E-state index is 0.117. The number of hydrogen-bond donors (Lipinski definition) is 1. The molecule has 0 saturated carbocycles. The lowest BCUT2D eigenvalue weighted by molar-refractivity contribution is -0.116. The molecule has 0 spiro atoms. The Morgan fingerprint density at radius 3 is 2.43 bits per heavy atom. The van der Waals surface area contributed by atoms with Crippen LogP contribution in [0.4, 0.5) is 10.3 Å². The van der Waals surface area contributed by atoms with E-state index in [0.29, 0.717) is 49.8 Å². The maximum absolute atomic E-state index is 14.5. The fourth-order valence-electron chi connectivity index (χ4n) is 4.69. The van der Waals surface area contributed by atoms with Crippen molar-refractivity contribution in [2.24, 2.45) is 0 Å². The molecule has 1 amide bonds. The molecule has 1 fully saturated rings. The van der Waals surface area contributed by atoms with Crippen LogP contribution < -0.4 is 5.32 Å². The van der Waals surface area contributed by atoms with Crippen molar-refractivity contribution in [3.8, 4) is 16.9 Å². The molecule has 0 aliphatic carbocycles. The van der Waals surface area contributed by atoms with E-state index < -0.39 is 28.3 Å². The average molecular weight is 592 g/mol. The smallest absolute Gasteiger partial charge is 0.243 e. The predicted octanol–water partition coefficient (Wildman–Crippen LogP) is 4.26. The van der Waals surface area contributed by atoms with Crippen LogP contribution in [0.25, 0.3) is 16.9 Å². The van der Waals surface area contributed by atoms with Gasteiger partial charge in [-0.3, -0.25) is 19.6 Å². The van der Waals surface area contributed by atoms with E-state index in [4.69, 9.17) is 4.74 Å². The molecular weight excluding hydrogens is 557 g/mol. The van der Waals surface area contributed by atoms with Gasteiger partial charge in [0, 0.05) is 37.9 Å². The molecule has 1 aliphatic heterocycles. The molecule has 1 saturated heterocycles. The van der Waals surface area contributed by atoms with Gasteiger partial charge in [0.25, 0.3) is 0 Å². The first-order valence-corrected chi connectivity index (χ1v) is 15.2. The SMILES string of the molecule is Cc1ccc(S(=O)(=O)N(CCN2CCOCC2)CC(=O)Nc2nc(-c3ccccc3)cn2-c2ccc(C)c(F)c2)cc1. The van der Waals surface area contributed by atoms with Crippen LogP contribution in [0.2, 0.25) is 0 Å². The number of benzene rings is 3. The quantitative estimate of drug-likeness (QED) is 0.296. The van der Waals surface area contributed by atoms with Crippen LogP contribution in [0, 0.1) is 19.7 Å². The number of halogens is 1. The summed E-state index contributed by atoms with van der Waals surface area (Å²) in [6.45, 7) is 6.25.